The molecule has 86 valence electrons. The molecule has 1 N–H and O–H groups in total. The van der Waals surface area contributed by atoms with Crippen LogP contribution in [-0.4, -0.2) is 39.3 Å². The molecule has 0 aromatic heterocycles. The highest BCUT2D eigenvalue weighted by Crippen LogP contribution is 2.30. The number of hydrogen-bond donors (Lipinski definition) is 1. The van der Waals surface area contributed by atoms with Crippen molar-refractivity contribution in [2.24, 2.45) is 5.41 Å². The largest absolute Gasteiger partial charge is 0.480 e. The van der Waals surface area contributed by atoms with Gasteiger partial charge in [-0.15, -0.1) is 0 Å². The third kappa shape index (κ3) is 2.71. The molecule has 1 rings (SSSR count). The molecule has 0 aromatic carbocycles. The Morgan fingerprint density at radius 1 is 1.60 bits per heavy atom. The Bertz CT molecular complexity index is 285. The van der Waals surface area contributed by atoms with Crippen LogP contribution in [0.25, 0.3) is 0 Å². The maximum Gasteiger partial charge on any atom is 0.326 e. The second-order valence-electron chi connectivity index (χ2n) is 4.95. The van der Waals surface area contributed by atoms with Crippen LogP contribution in [-0.2, 0) is 9.59 Å². The van der Waals surface area contributed by atoms with Gasteiger partial charge >= 0.3 is 5.97 Å². The van der Waals surface area contributed by atoms with Gasteiger partial charge in [0.15, 0.2) is 0 Å². The minimum absolute atomic E-state index is 0.0780. The first-order valence-corrected chi connectivity index (χ1v) is 5.81. The normalized spacial score (nSPS) is 24.4. The van der Waals surface area contributed by atoms with E-state index in [9.17, 15) is 9.59 Å². The van der Waals surface area contributed by atoms with Crippen LogP contribution in [0.2, 0.25) is 0 Å². The Labute approximate surface area is 97.8 Å². The van der Waals surface area contributed by atoms with Crippen molar-refractivity contribution in [2.75, 3.05) is 6.54 Å². The molecule has 1 saturated heterocycles. The summed E-state index contributed by atoms with van der Waals surface area (Å²) in [6.45, 7) is 5.98. The van der Waals surface area contributed by atoms with E-state index in [1.807, 2.05) is 20.8 Å². The standard InChI is InChI=1S/C10H16BrNO3/c1-10(2,3)8(9(14)15)12-5-6(11)4-7(12)13/h6,8H,4-5H2,1-3H3,(H,14,15). The number of carboxylic acid groups (broad SMARTS) is 1. The van der Waals surface area contributed by atoms with E-state index in [0.29, 0.717) is 13.0 Å². The van der Waals surface area contributed by atoms with E-state index in [1.54, 1.807) is 0 Å². The molecular weight excluding hydrogens is 262 g/mol. The Balaban J connectivity index is 2.91. The minimum Gasteiger partial charge on any atom is -0.480 e. The van der Waals surface area contributed by atoms with E-state index in [4.69, 9.17) is 5.11 Å². The SMILES string of the molecule is CC(C)(C)C(C(=O)O)N1CC(Br)CC1=O. The average molecular weight is 278 g/mol. The van der Waals surface area contributed by atoms with Gasteiger partial charge in [-0.2, -0.15) is 0 Å². The molecule has 0 bridgehead atoms. The fraction of sp³-hybridized carbons (Fsp3) is 0.800. The predicted octanol–water partition coefficient (Wildman–Crippen LogP) is 1.48. The summed E-state index contributed by atoms with van der Waals surface area (Å²) >= 11 is 3.35. The summed E-state index contributed by atoms with van der Waals surface area (Å²) in [6, 6.07) is -0.743. The van der Waals surface area contributed by atoms with Gasteiger partial charge in [-0.05, 0) is 5.41 Å². The van der Waals surface area contributed by atoms with Crippen LogP contribution < -0.4 is 0 Å². The lowest BCUT2D eigenvalue weighted by molar-refractivity contribution is -0.153. The van der Waals surface area contributed by atoms with Crippen molar-refractivity contribution in [3.63, 3.8) is 0 Å². The lowest BCUT2D eigenvalue weighted by Crippen LogP contribution is -2.50. The van der Waals surface area contributed by atoms with E-state index in [-0.39, 0.29) is 10.7 Å². The number of amides is 1. The third-order valence-electron chi connectivity index (χ3n) is 2.48. The molecule has 4 nitrogen and oxygen atoms in total. The van der Waals surface area contributed by atoms with Crippen LogP contribution in [0.15, 0.2) is 0 Å². The first kappa shape index (κ1) is 12.5. The second-order valence-corrected chi connectivity index (χ2v) is 6.25. The maximum absolute atomic E-state index is 11.6. The molecule has 1 amide bonds. The average Bonchev–Trinajstić information content (AvgIpc) is 2.26. The summed E-state index contributed by atoms with van der Waals surface area (Å²) in [5.74, 6) is -1.02. The van der Waals surface area contributed by atoms with Gasteiger partial charge in [0.25, 0.3) is 0 Å². The van der Waals surface area contributed by atoms with Crippen molar-refractivity contribution >= 4 is 27.8 Å². The fourth-order valence-electron chi connectivity index (χ4n) is 1.91. The number of halogens is 1. The van der Waals surface area contributed by atoms with Crippen LogP contribution >= 0.6 is 15.9 Å². The molecule has 1 aliphatic rings. The van der Waals surface area contributed by atoms with Crippen LogP contribution in [0.4, 0.5) is 0 Å². The molecule has 5 heteroatoms. The molecule has 0 radical (unpaired) electrons. The van der Waals surface area contributed by atoms with E-state index in [1.165, 1.54) is 4.90 Å². The Morgan fingerprint density at radius 2 is 2.13 bits per heavy atom. The molecule has 0 saturated carbocycles. The van der Waals surface area contributed by atoms with Gasteiger partial charge in [-0.1, -0.05) is 36.7 Å². The van der Waals surface area contributed by atoms with E-state index < -0.39 is 17.4 Å². The number of alkyl halides is 1. The van der Waals surface area contributed by atoms with Gasteiger partial charge < -0.3 is 10.0 Å². The Morgan fingerprint density at radius 3 is 2.40 bits per heavy atom. The number of carbonyl (C=O) groups excluding carboxylic acids is 1. The highest BCUT2D eigenvalue weighted by Gasteiger charge is 2.42. The number of nitrogens with zero attached hydrogens (tertiary/aromatic N) is 1. The maximum atomic E-state index is 11.6. The van der Waals surface area contributed by atoms with Gasteiger partial charge in [0, 0.05) is 17.8 Å². The number of hydrogen-bond acceptors (Lipinski definition) is 2. The Hall–Kier alpha value is -0.580. The quantitative estimate of drug-likeness (QED) is 0.778. The van der Waals surface area contributed by atoms with E-state index in [0.717, 1.165) is 0 Å². The molecule has 15 heavy (non-hydrogen) atoms. The van der Waals surface area contributed by atoms with E-state index >= 15 is 0 Å². The van der Waals surface area contributed by atoms with Gasteiger partial charge in [-0.3, -0.25) is 4.79 Å². The molecule has 1 fully saturated rings. The minimum atomic E-state index is -0.933. The molecule has 2 unspecified atom stereocenters. The number of aliphatic carboxylic acids is 1. The fourth-order valence-corrected chi connectivity index (χ4v) is 2.50. The summed E-state index contributed by atoms with van der Waals surface area (Å²) in [7, 11) is 0. The van der Waals surface area contributed by atoms with Crippen LogP contribution in [0.5, 0.6) is 0 Å². The third-order valence-corrected chi connectivity index (χ3v) is 3.09. The zero-order valence-electron chi connectivity index (χ0n) is 9.16. The summed E-state index contributed by atoms with van der Waals surface area (Å²) in [6.07, 6.45) is 0.389. The number of carbonyl (C=O) groups is 2. The van der Waals surface area contributed by atoms with Gasteiger partial charge in [0.2, 0.25) is 5.91 Å². The van der Waals surface area contributed by atoms with Crippen molar-refractivity contribution in [3.8, 4) is 0 Å². The van der Waals surface area contributed by atoms with Crippen molar-refractivity contribution < 1.29 is 14.7 Å². The van der Waals surface area contributed by atoms with Gasteiger partial charge in [0.1, 0.15) is 6.04 Å². The molecule has 1 heterocycles. The predicted molar refractivity (Wildman–Crippen MR) is 59.9 cm³/mol. The first-order valence-electron chi connectivity index (χ1n) is 4.90. The van der Waals surface area contributed by atoms with Gasteiger partial charge in [0.05, 0.1) is 0 Å². The molecule has 0 aliphatic carbocycles. The smallest absolute Gasteiger partial charge is 0.326 e. The molecular formula is C10H16BrNO3. The van der Waals surface area contributed by atoms with Crippen molar-refractivity contribution in [2.45, 2.75) is 38.1 Å². The summed E-state index contributed by atoms with van der Waals surface area (Å²) in [5.41, 5.74) is -0.446. The zero-order valence-corrected chi connectivity index (χ0v) is 10.7. The number of likely N-dealkylation sites (tertiary alicyclic amines) is 1. The van der Waals surface area contributed by atoms with Crippen molar-refractivity contribution in [1.82, 2.24) is 4.90 Å². The lowest BCUT2D eigenvalue weighted by atomic mass is 9.86. The van der Waals surface area contributed by atoms with Gasteiger partial charge in [-0.25, -0.2) is 4.79 Å². The summed E-state index contributed by atoms with van der Waals surface area (Å²) in [5, 5.41) is 9.16. The van der Waals surface area contributed by atoms with Crippen molar-refractivity contribution in [3.05, 3.63) is 0 Å². The monoisotopic (exact) mass is 277 g/mol. The summed E-state index contributed by atoms with van der Waals surface area (Å²) < 4.78 is 0. The van der Waals surface area contributed by atoms with Crippen LogP contribution in [0, 0.1) is 5.41 Å². The zero-order chi connectivity index (χ0) is 11.8. The summed E-state index contributed by atoms with van der Waals surface area (Å²) in [4.78, 5) is 24.3. The van der Waals surface area contributed by atoms with Crippen LogP contribution in [0.1, 0.15) is 27.2 Å². The van der Waals surface area contributed by atoms with Crippen LogP contribution in [0.3, 0.4) is 0 Å². The van der Waals surface area contributed by atoms with E-state index in [2.05, 4.69) is 15.9 Å². The first-order chi connectivity index (χ1) is 6.73. The van der Waals surface area contributed by atoms with Crippen molar-refractivity contribution in [1.29, 1.82) is 0 Å². The lowest BCUT2D eigenvalue weighted by Gasteiger charge is -2.34. The molecule has 1 aliphatic heterocycles. The topological polar surface area (TPSA) is 57.6 Å². The molecule has 0 spiro atoms. The molecule has 0 aromatic rings. The molecule has 2 atom stereocenters. The Kier molecular flexibility index (Phi) is 3.43. The highest BCUT2D eigenvalue weighted by atomic mass is 79.9. The number of rotatable bonds is 2. The number of carboxylic acids is 1. The highest BCUT2D eigenvalue weighted by molar-refractivity contribution is 9.09. The second kappa shape index (κ2) is 4.12.